The Morgan fingerprint density at radius 1 is 0.931 bits per heavy atom. The van der Waals surface area contributed by atoms with Crippen molar-refractivity contribution < 1.29 is 19.7 Å². The van der Waals surface area contributed by atoms with Crippen molar-refractivity contribution in [1.82, 2.24) is 29.7 Å². The predicted molar refractivity (Wildman–Crippen MR) is 222 cm³/mol. The second-order valence-corrected chi connectivity index (χ2v) is 18.1. The topological polar surface area (TPSA) is 164 Å². The van der Waals surface area contributed by atoms with Gasteiger partial charge in [0, 0.05) is 98.0 Å². The maximum absolute atomic E-state index is 13.5. The van der Waals surface area contributed by atoms with Crippen LogP contribution in [0.5, 0.6) is 5.75 Å². The molecule has 58 heavy (non-hydrogen) atoms. The Balaban J connectivity index is 0.793. The molecule has 3 atom stereocenters. The lowest BCUT2D eigenvalue weighted by atomic mass is 9.49. The van der Waals surface area contributed by atoms with Gasteiger partial charge in [-0.1, -0.05) is 39.3 Å². The maximum atomic E-state index is 13.5. The van der Waals surface area contributed by atoms with Crippen molar-refractivity contribution >= 4 is 34.5 Å². The average Bonchev–Trinajstić information content (AvgIpc) is 3.54. The van der Waals surface area contributed by atoms with Gasteiger partial charge in [0.05, 0.1) is 16.6 Å². The molecule has 308 valence electrons. The molecule has 0 spiro atoms. The van der Waals surface area contributed by atoms with Crippen LogP contribution in [-0.4, -0.2) is 106 Å². The minimum absolute atomic E-state index is 0.0986. The van der Waals surface area contributed by atoms with Crippen LogP contribution in [0, 0.1) is 28.1 Å². The van der Waals surface area contributed by atoms with Crippen LogP contribution >= 0.6 is 11.6 Å². The average molecular weight is 812 g/mol. The second kappa shape index (κ2) is 15.8. The van der Waals surface area contributed by atoms with Gasteiger partial charge >= 0.3 is 5.69 Å². The number of aromatic nitrogens is 3. The minimum Gasteiger partial charge on any atom is -0.489 e. The summed E-state index contributed by atoms with van der Waals surface area (Å²) >= 11 is 6.26. The molecule has 1 amide bonds. The highest BCUT2D eigenvalue weighted by Gasteiger charge is 2.64. The van der Waals surface area contributed by atoms with Crippen LogP contribution in [-0.2, 0) is 0 Å². The van der Waals surface area contributed by atoms with Gasteiger partial charge in [-0.15, -0.1) is 5.10 Å². The van der Waals surface area contributed by atoms with E-state index in [1.54, 1.807) is 24.4 Å². The summed E-state index contributed by atoms with van der Waals surface area (Å²) in [5, 5.41) is 40.3. The van der Waals surface area contributed by atoms with Gasteiger partial charge in [-0.05, 0) is 74.1 Å². The normalized spacial score (nSPS) is 26.2. The number of nitrogens with zero attached hydrogens (tertiary/aromatic N) is 7. The van der Waals surface area contributed by atoms with E-state index in [0.717, 1.165) is 70.0 Å². The van der Waals surface area contributed by atoms with E-state index in [-0.39, 0.29) is 34.6 Å². The minimum atomic E-state index is -1.04. The highest BCUT2D eigenvalue weighted by Crippen LogP contribution is 2.55. The Morgan fingerprint density at radius 2 is 1.62 bits per heavy atom. The largest absolute Gasteiger partial charge is 0.489 e. The quantitative estimate of drug-likeness (QED) is 0.191. The summed E-state index contributed by atoms with van der Waals surface area (Å²) in [6, 6.07) is 18.4. The van der Waals surface area contributed by atoms with Crippen LogP contribution in [0.25, 0.3) is 5.65 Å². The fourth-order valence-electron chi connectivity index (χ4n) is 10.1. The van der Waals surface area contributed by atoms with Crippen LogP contribution < -0.4 is 30.9 Å². The summed E-state index contributed by atoms with van der Waals surface area (Å²) in [7, 11) is 0. The number of rotatable bonds is 9. The molecule has 0 unspecified atom stereocenters. The molecule has 8 rings (SSSR count). The fraction of sp³-hybridized carbons (Fsp3) is 0.535. The van der Waals surface area contributed by atoms with Gasteiger partial charge in [-0.2, -0.15) is 5.26 Å². The predicted octanol–water partition coefficient (Wildman–Crippen LogP) is 4.23. The molecular weight excluding hydrogens is 758 g/mol. The van der Waals surface area contributed by atoms with E-state index in [4.69, 9.17) is 16.3 Å². The number of amides is 1. The summed E-state index contributed by atoms with van der Waals surface area (Å²) in [4.78, 5) is 33.9. The Bertz CT molecular complexity index is 2220. The van der Waals surface area contributed by atoms with Crippen molar-refractivity contribution in [2.45, 2.75) is 84.0 Å². The van der Waals surface area contributed by atoms with Crippen molar-refractivity contribution in [1.29, 1.82) is 5.26 Å². The van der Waals surface area contributed by atoms with E-state index in [2.05, 4.69) is 76.3 Å². The van der Waals surface area contributed by atoms with Gasteiger partial charge < -0.3 is 30.1 Å². The zero-order valence-corrected chi connectivity index (χ0v) is 34.4. The van der Waals surface area contributed by atoms with Gasteiger partial charge in [0.25, 0.3) is 5.91 Å². The molecule has 3 aliphatic heterocycles. The number of anilines is 2. The molecule has 0 radical (unpaired) electrons. The number of aliphatic hydroxyl groups is 2. The molecule has 4 aromatic rings. The van der Waals surface area contributed by atoms with Gasteiger partial charge in [-0.3, -0.25) is 19.4 Å². The van der Waals surface area contributed by atoms with Crippen LogP contribution in [0.1, 0.15) is 75.3 Å². The lowest BCUT2D eigenvalue weighted by Gasteiger charge is -2.63. The highest BCUT2D eigenvalue weighted by molar-refractivity contribution is 6.31. The molecule has 3 saturated heterocycles. The van der Waals surface area contributed by atoms with E-state index in [1.165, 1.54) is 9.08 Å². The SMILES string of the molecule is CC1(C)C(NC(=O)c2ccc(N3CCC(CN4CCN(c5ccn6c(=O)n([C@@H]7CC[C@@H](O)N[C@@H]7O)nc6c5)CC4)CC3)cc2)C(C)(C)C1Oc1ccc(C#N)c(Cl)c1. The van der Waals surface area contributed by atoms with Crippen LogP contribution in [0.4, 0.5) is 11.4 Å². The molecule has 14 nitrogen and oxygen atoms in total. The highest BCUT2D eigenvalue weighted by atomic mass is 35.5. The first kappa shape index (κ1) is 40.1. The number of pyridine rings is 1. The number of hydrogen-bond donors (Lipinski definition) is 4. The lowest BCUT2D eigenvalue weighted by molar-refractivity contribution is -0.164. The number of fused-ring (bicyclic) bond motifs is 1. The number of benzene rings is 2. The van der Waals surface area contributed by atoms with Crippen LogP contribution in [0.3, 0.4) is 0 Å². The van der Waals surface area contributed by atoms with Crippen LogP contribution in [0.15, 0.2) is 65.6 Å². The summed E-state index contributed by atoms with van der Waals surface area (Å²) in [6.07, 6.45) is 2.88. The van der Waals surface area contributed by atoms with Gasteiger partial charge in [0.1, 0.15) is 30.4 Å². The van der Waals surface area contributed by atoms with Crippen LogP contribution in [0.2, 0.25) is 5.02 Å². The molecular formula is C43H54ClN9O5. The third-order valence-corrected chi connectivity index (χ3v) is 13.4. The molecule has 2 aromatic heterocycles. The summed E-state index contributed by atoms with van der Waals surface area (Å²) in [6.45, 7) is 15.2. The molecule has 2 aromatic carbocycles. The summed E-state index contributed by atoms with van der Waals surface area (Å²) in [5.41, 5.74) is 2.77. The van der Waals surface area contributed by atoms with E-state index >= 15 is 0 Å². The first-order valence-electron chi connectivity index (χ1n) is 20.5. The number of nitrogens with one attached hydrogen (secondary N) is 2. The number of carbonyl (C=O) groups excluding carboxylic acids is 1. The molecule has 0 bridgehead atoms. The third-order valence-electron chi connectivity index (χ3n) is 13.1. The first-order valence-corrected chi connectivity index (χ1v) is 20.8. The van der Waals surface area contributed by atoms with E-state index in [9.17, 15) is 25.1 Å². The Labute approximate surface area is 343 Å². The number of hydrogen-bond acceptors (Lipinski definition) is 11. The number of ether oxygens (including phenoxy) is 1. The van der Waals surface area contributed by atoms with Crippen molar-refractivity contribution in [3.63, 3.8) is 0 Å². The van der Waals surface area contributed by atoms with Gasteiger partial charge in [0.2, 0.25) is 0 Å². The fourth-order valence-corrected chi connectivity index (χ4v) is 10.3. The van der Waals surface area contributed by atoms with Gasteiger partial charge in [0.15, 0.2) is 5.65 Å². The first-order chi connectivity index (χ1) is 27.7. The number of aliphatic hydroxyl groups excluding tert-OH is 2. The number of halogens is 1. The lowest BCUT2D eigenvalue weighted by Crippen LogP contribution is -2.74. The standard InChI is InChI=1S/C43H54ClN9O5/c1-42(2)39(43(3,4)40(42)58-32-10-7-29(25-45)33(44)24-32)47-37(55)28-5-8-30(9-6-28)50-16-13-27(14-17-50)26-49-19-21-51(22-20-49)31-15-18-52-35(23-31)48-53(41(52)57)34-11-12-36(54)46-38(34)56/h5-10,15,18,23-24,27,34,36,38-40,46,54,56H,11-14,16-17,19-22,26H2,1-4H3,(H,47,55)/t34-,36-,38-,39?,40?/m1/s1. The van der Waals surface area contributed by atoms with Crippen molar-refractivity contribution in [3.8, 4) is 11.8 Å². The molecule has 1 saturated carbocycles. The Kier molecular flexibility index (Phi) is 11.0. The van der Waals surface area contributed by atoms with Crippen molar-refractivity contribution in [3.05, 3.63) is 87.4 Å². The summed E-state index contributed by atoms with van der Waals surface area (Å²) in [5.74, 6) is 1.13. The zero-order chi connectivity index (χ0) is 40.9. The molecule has 15 heteroatoms. The molecule has 4 fully saturated rings. The van der Waals surface area contributed by atoms with E-state index in [0.29, 0.717) is 46.3 Å². The number of piperazine rings is 1. The number of nitriles is 1. The van der Waals surface area contributed by atoms with E-state index in [1.807, 2.05) is 24.3 Å². The third kappa shape index (κ3) is 7.66. The number of carbonyl (C=O) groups is 1. The monoisotopic (exact) mass is 811 g/mol. The molecule has 5 heterocycles. The number of piperidine rings is 2. The smallest absolute Gasteiger partial charge is 0.350 e. The molecule has 1 aliphatic carbocycles. The maximum Gasteiger partial charge on any atom is 0.350 e. The Morgan fingerprint density at radius 3 is 2.28 bits per heavy atom. The van der Waals surface area contributed by atoms with E-state index < -0.39 is 18.5 Å². The Hall–Kier alpha value is -4.65. The second-order valence-electron chi connectivity index (χ2n) is 17.7. The van der Waals surface area contributed by atoms with Gasteiger partial charge in [-0.25, -0.2) is 9.48 Å². The molecule has 4 N–H and O–H groups in total. The van der Waals surface area contributed by atoms with Crippen molar-refractivity contribution in [2.24, 2.45) is 16.7 Å². The van der Waals surface area contributed by atoms with Crippen molar-refractivity contribution in [2.75, 3.05) is 55.6 Å². The molecule has 4 aliphatic rings. The zero-order valence-electron chi connectivity index (χ0n) is 33.6. The summed E-state index contributed by atoms with van der Waals surface area (Å²) < 4.78 is 9.24.